The van der Waals surface area contributed by atoms with E-state index in [1.54, 1.807) is 68.1 Å². The molecule has 10 heterocycles. The largest absolute Gasteiger partial charge is 0.454 e. The van der Waals surface area contributed by atoms with Crippen molar-refractivity contribution >= 4 is 63.5 Å². The van der Waals surface area contributed by atoms with Gasteiger partial charge in [0.05, 0.1) is 127 Å². The summed E-state index contributed by atoms with van der Waals surface area (Å²) in [6.45, 7) is 1.79. The number of pyridine rings is 4. The van der Waals surface area contributed by atoms with Crippen LogP contribution in [0.2, 0.25) is 10.0 Å². The van der Waals surface area contributed by atoms with Crippen LogP contribution in [0.1, 0.15) is 85.8 Å². The van der Waals surface area contributed by atoms with Crippen molar-refractivity contribution in [2.24, 2.45) is 0 Å². The van der Waals surface area contributed by atoms with Crippen LogP contribution in [-0.2, 0) is 32.1 Å². The van der Waals surface area contributed by atoms with Gasteiger partial charge in [0.15, 0.2) is 51.9 Å². The number of aryl methyl sites for hydroxylation is 1. The summed E-state index contributed by atoms with van der Waals surface area (Å²) in [7, 11) is 1.68. The number of nitrogens with zero attached hydrogens (tertiary/aromatic N) is 17. The molecule has 5 aromatic carbocycles. The standard InChI is InChI=1S/C18H14ClFN4O.C17H11ClFN3O2.2C17H11F2N3O2.C17H13FN4O2/c1-24(15-9-21-11-22-10-15)17-6-12(2-3-16(17)20)18(25)8-14-7-13(19)4-5-23-14;18-13-1-11(6-20-7-13)2-17(23)12-3-14(19)5-15(4-12)24-16-8-21-10-22-9-16;18-12-4-11(17(23)7-16-15(19)2-1-3-22-16)5-13(6-12)24-14-8-20-10-21-9-14;18-12-4-11(16(23)7-13-2-1-3-17(19)22-13)5-14(6-12)24-15-8-20-10-21-9-15;1-11-6-19-7-14(22-11)5-17(23)12-2-13(18)4-15(3-12)24-16-8-20-10-21-9-16/h2-7,9-11H,8H2,1H3;1,3-10H,2H2;2*1-6,8-10H,7H2;2-4,6-10H,5H2,1H3. The van der Waals surface area contributed by atoms with Gasteiger partial charge in [0.1, 0.15) is 89.5 Å². The lowest BCUT2D eigenvalue weighted by molar-refractivity contribution is 0.0982. The summed E-state index contributed by atoms with van der Waals surface area (Å²) in [6.07, 6.45) is 30.1. The topological polar surface area (TPSA) is 332 Å². The Morgan fingerprint density at radius 3 is 1.23 bits per heavy atom. The summed E-state index contributed by atoms with van der Waals surface area (Å²) in [5.74, 6) is -3.73. The zero-order valence-corrected chi connectivity index (χ0v) is 64.6. The molecule has 0 aliphatic rings. The van der Waals surface area contributed by atoms with Crippen LogP contribution in [-0.4, -0.2) is 116 Å². The molecule has 0 unspecified atom stereocenters. The summed E-state index contributed by atoms with van der Waals surface area (Å²) in [6, 6.07) is 30.8. The van der Waals surface area contributed by atoms with Crippen molar-refractivity contribution < 1.29 is 73.7 Å². The highest BCUT2D eigenvalue weighted by Crippen LogP contribution is 2.31. The molecule has 0 saturated carbocycles. The Morgan fingerprint density at radius 2 is 0.777 bits per heavy atom. The van der Waals surface area contributed by atoms with Crippen molar-refractivity contribution in [3.63, 3.8) is 0 Å². The van der Waals surface area contributed by atoms with Crippen LogP contribution in [0.15, 0.2) is 270 Å². The number of ether oxygens (including phenoxy) is 4. The fourth-order valence-corrected chi connectivity index (χ4v) is 11.1. The Kier molecular flexibility index (Phi) is 30.7. The lowest BCUT2D eigenvalue weighted by Crippen LogP contribution is -2.13. The van der Waals surface area contributed by atoms with Gasteiger partial charge < -0.3 is 23.8 Å². The SMILES string of the molecule is CN(c1cncnc1)c1cc(C(=O)Cc2cc(Cl)ccn2)ccc1F.Cc1cncc(CC(=O)c2cc(F)cc(Oc3cncnc3)c2)n1.O=C(Cc1cccc(F)n1)c1cc(F)cc(Oc2cncnc2)c1.O=C(Cc1cncc(Cl)c1)c1cc(F)cc(Oc2cncnc2)c1.O=C(Cc1ncccc1F)c1cc(F)cc(Oc2cncnc2)c1. The molecule has 0 atom stereocenters. The Hall–Kier alpha value is -15.4. The fourth-order valence-electron chi connectivity index (χ4n) is 10.7. The summed E-state index contributed by atoms with van der Waals surface area (Å²) in [5.41, 5.74) is 4.56. The maximum atomic E-state index is 14.2. The quantitative estimate of drug-likeness (QED) is 0.0291. The smallest absolute Gasteiger partial charge is 0.213 e. The molecule has 0 spiro atoms. The predicted molar refractivity (Wildman–Crippen MR) is 424 cm³/mol. The van der Waals surface area contributed by atoms with Gasteiger partial charge in [0, 0.05) is 113 Å². The minimum Gasteiger partial charge on any atom is -0.454 e. The zero-order chi connectivity index (χ0) is 85.6. The van der Waals surface area contributed by atoms with E-state index < -0.39 is 52.4 Å². The first kappa shape index (κ1) is 86.5. The van der Waals surface area contributed by atoms with E-state index in [4.69, 9.17) is 42.1 Å². The summed E-state index contributed by atoms with van der Waals surface area (Å²) in [5, 5.41) is 0.953. The molecule has 0 amide bonds. The molecular formula is C86H60Cl2F7N17O9. The zero-order valence-electron chi connectivity index (χ0n) is 63.1. The van der Waals surface area contributed by atoms with Gasteiger partial charge in [-0.3, -0.25) is 48.9 Å². The normalized spacial score (nSPS) is 10.4. The minimum atomic E-state index is -0.673. The van der Waals surface area contributed by atoms with E-state index in [1.165, 1.54) is 191 Å². The first-order chi connectivity index (χ1) is 58.4. The van der Waals surface area contributed by atoms with Crippen LogP contribution in [0.4, 0.5) is 42.1 Å². The van der Waals surface area contributed by atoms with E-state index in [0.29, 0.717) is 66.9 Å². The number of hydrogen-bond acceptors (Lipinski definition) is 26. The molecule has 0 saturated heterocycles. The fraction of sp³-hybridized carbons (Fsp3) is 0.0814. The lowest BCUT2D eigenvalue weighted by atomic mass is 10.0. The van der Waals surface area contributed by atoms with Gasteiger partial charge in [-0.25, -0.2) is 81.2 Å². The molecule has 0 bridgehead atoms. The van der Waals surface area contributed by atoms with Crippen LogP contribution >= 0.6 is 23.2 Å². The second kappa shape index (κ2) is 43.0. The van der Waals surface area contributed by atoms with Crippen LogP contribution in [0.3, 0.4) is 0 Å². The molecular weight excluding hydrogens is 1620 g/mol. The summed E-state index contributed by atoms with van der Waals surface area (Å²) < 4.78 is 118. The van der Waals surface area contributed by atoms with Crippen LogP contribution in [0.25, 0.3) is 0 Å². The van der Waals surface area contributed by atoms with Gasteiger partial charge in [0.25, 0.3) is 0 Å². The highest BCUT2D eigenvalue weighted by molar-refractivity contribution is 6.30. The second-order valence-electron chi connectivity index (χ2n) is 25.2. The maximum Gasteiger partial charge on any atom is 0.213 e. The van der Waals surface area contributed by atoms with Crippen molar-refractivity contribution in [3.05, 3.63) is 383 Å². The van der Waals surface area contributed by atoms with E-state index in [9.17, 15) is 54.7 Å². The third-order valence-corrected chi connectivity index (χ3v) is 16.5. The number of ketones is 5. The van der Waals surface area contributed by atoms with Gasteiger partial charge in [-0.05, 0) is 122 Å². The Morgan fingerprint density at radius 1 is 0.339 bits per heavy atom. The molecule has 0 radical (unpaired) electrons. The molecule has 606 valence electrons. The lowest BCUT2D eigenvalue weighted by Gasteiger charge is -2.19. The van der Waals surface area contributed by atoms with E-state index in [1.807, 2.05) is 0 Å². The average molecular weight is 1680 g/mol. The van der Waals surface area contributed by atoms with Gasteiger partial charge in [0.2, 0.25) is 5.95 Å². The number of rotatable bonds is 25. The number of anilines is 2. The van der Waals surface area contributed by atoms with Gasteiger partial charge >= 0.3 is 0 Å². The Bertz CT molecular complexity index is 5760. The number of hydrogen-bond donors (Lipinski definition) is 0. The molecule has 0 fully saturated rings. The van der Waals surface area contributed by atoms with Crippen LogP contribution in [0.5, 0.6) is 46.0 Å². The molecule has 35 heteroatoms. The molecule has 0 N–H and O–H groups in total. The number of benzene rings is 5. The predicted octanol–water partition coefficient (Wildman–Crippen LogP) is 17.4. The number of halogens is 9. The first-order valence-electron chi connectivity index (χ1n) is 35.5. The van der Waals surface area contributed by atoms with Crippen molar-refractivity contribution in [1.82, 2.24) is 79.7 Å². The molecule has 0 aliphatic heterocycles. The van der Waals surface area contributed by atoms with Crippen molar-refractivity contribution in [2.75, 3.05) is 11.9 Å². The number of carbonyl (C=O) groups is 5. The first-order valence-corrected chi connectivity index (χ1v) is 36.3. The maximum absolute atomic E-state index is 14.2. The highest BCUT2D eigenvalue weighted by Gasteiger charge is 2.20. The molecule has 15 rings (SSSR count). The van der Waals surface area contributed by atoms with Crippen molar-refractivity contribution in [2.45, 2.75) is 39.0 Å². The highest BCUT2D eigenvalue weighted by atomic mass is 35.5. The molecule has 26 nitrogen and oxygen atoms in total. The summed E-state index contributed by atoms with van der Waals surface area (Å²) >= 11 is 11.8. The minimum absolute atomic E-state index is 0.00527. The summed E-state index contributed by atoms with van der Waals surface area (Å²) in [4.78, 5) is 125. The van der Waals surface area contributed by atoms with Crippen LogP contribution in [0, 0.1) is 47.8 Å². The van der Waals surface area contributed by atoms with Crippen molar-refractivity contribution in [3.8, 4) is 46.0 Å². The van der Waals surface area contributed by atoms with E-state index in [2.05, 4.69) is 79.7 Å². The number of carbonyl (C=O) groups excluding carboxylic acids is 5. The van der Waals surface area contributed by atoms with Gasteiger partial charge in [-0.15, -0.1) is 0 Å². The van der Waals surface area contributed by atoms with Crippen LogP contribution < -0.4 is 23.8 Å². The third-order valence-electron chi connectivity index (χ3n) is 16.1. The third kappa shape index (κ3) is 27.4. The van der Waals surface area contributed by atoms with E-state index >= 15 is 0 Å². The molecule has 121 heavy (non-hydrogen) atoms. The number of aromatic nitrogens is 16. The van der Waals surface area contributed by atoms with Gasteiger partial charge in [-0.2, -0.15) is 4.39 Å². The average Bonchev–Trinajstić information content (AvgIpc) is 0.814. The molecule has 0 aliphatic carbocycles. The van der Waals surface area contributed by atoms with E-state index in [-0.39, 0.29) is 112 Å². The Labute approximate surface area is 693 Å². The van der Waals surface area contributed by atoms with Crippen molar-refractivity contribution in [1.29, 1.82) is 0 Å². The number of Topliss-reactive ketones (excluding diaryl/α,β-unsaturated/α-hetero) is 5. The second-order valence-corrected chi connectivity index (χ2v) is 26.1. The monoisotopic (exact) mass is 1680 g/mol. The van der Waals surface area contributed by atoms with E-state index in [0.717, 1.165) is 30.3 Å². The Balaban J connectivity index is 0.000000148. The molecule has 10 aromatic heterocycles. The van der Waals surface area contributed by atoms with Gasteiger partial charge in [-0.1, -0.05) is 29.3 Å². The molecule has 15 aromatic rings.